The van der Waals surface area contributed by atoms with Gasteiger partial charge in [-0.05, 0) is 0 Å². The molecular formula is C26H30GeO4S2. The maximum absolute atomic E-state index is 5.95. The van der Waals surface area contributed by atoms with E-state index in [0.717, 1.165) is 23.0 Å². The normalized spacial score (nSPS) is 18.2. The maximum atomic E-state index is 5.95. The van der Waals surface area contributed by atoms with Gasteiger partial charge in [0.15, 0.2) is 0 Å². The molecule has 4 rings (SSSR count). The van der Waals surface area contributed by atoms with E-state index in [4.69, 9.17) is 18.9 Å². The molecule has 1 aliphatic rings. The Morgan fingerprint density at radius 2 is 0.909 bits per heavy atom. The van der Waals surface area contributed by atoms with Crippen LogP contribution in [-0.2, 0) is 9.47 Å². The number of hydrogen-bond donors (Lipinski definition) is 0. The summed E-state index contributed by atoms with van der Waals surface area (Å²) >= 11 is 0. The van der Waals surface area contributed by atoms with Crippen LogP contribution in [0, 0.1) is 0 Å². The van der Waals surface area contributed by atoms with E-state index in [9.17, 15) is 0 Å². The zero-order chi connectivity index (χ0) is 22.6. The van der Waals surface area contributed by atoms with Crippen molar-refractivity contribution in [2.24, 2.45) is 0 Å². The van der Waals surface area contributed by atoms with Crippen LogP contribution in [0.15, 0.2) is 84.9 Å². The van der Waals surface area contributed by atoms with E-state index >= 15 is 0 Å². The van der Waals surface area contributed by atoms with Gasteiger partial charge in [-0.3, -0.25) is 0 Å². The summed E-state index contributed by atoms with van der Waals surface area (Å²) in [6, 6.07) is 29.8. The van der Waals surface area contributed by atoms with Crippen molar-refractivity contribution >= 4 is 39.9 Å². The van der Waals surface area contributed by atoms with Gasteiger partial charge in [0.25, 0.3) is 0 Å². The van der Waals surface area contributed by atoms with E-state index in [2.05, 4.69) is 80.8 Å². The van der Waals surface area contributed by atoms with Gasteiger partial charge >= 0.3 is 206 Å². The third kappa shape index (κ3) is 6.96. The minimum absolute atomic E-state index is 0.500. The number of ether oxygens (including phenoxy) is 4. The van der Waals surface area contributed by atoms with Crippen LogP contribution in [0.1, 0.15) is 0 Å². The first-order valence-corrected chi connectivity index (χ1v) is 20.5. The summed E-state index contributed by atoms with van der Waals surface area (Å²) in [7, 11) is 1.44. The van der Waals surface area contributed by atoms with Crippen molar-refractivity contribution in [1.29, 1.82) is 0 Å². The third-order valence-corrected chi connectivity index (χ3v) is 27.6. The van der Waals surface area contributed by atoms with Gasteiger partial charge in [-0.15, -0.1) is 0 Å². The van der Waals surface area contributed by atoms with Crippen LogP contribution in [0.25, 0.3) is 0 Å². The summed E-state index contributed by atoms with van der Waals surface area (Å²) in [4.78, 5) is 0. The van der Waals surface area contributed by atoms with E-state index in [-0.39, 0.29) is 0 Å². The molecule has 0 saturated carbocycles. The topological polar surface area (TPSA) is 36.9 Å². The second-order valence-corrected chi connectivity index (χ2v) is 25.2. The Balaban J connectivity index is 1.50. The molecular weight excluding hydrogens is 513 g/mol. The van der Waals surface area contributed by atoms with Gasteiger partial charge in [0.05, 0.1) is 0 Å². The second kappa shape index (κ2) is 13.3. The molecule has 0 bridgehead atoms. The summed E-state index contributed by atoms with van der Waals surface area (Å²) < 4.78 is 26.6. The average molecular weight is 543 g/mol. The third-order valence-electron chi connectivity index (χ3n) is 5.19. The molecule has 174 valence electrons. The molecule has 33 heavy (non-hydrogen) atoms. The fourth-order valence-electron chi connectivity index (χ4n) is 3.66. The molecule has 1 aliphatic heterocycles. The molecule has 1 heterocycles. The Labute approximate surface area is 205 Å². The number of hydrogen-bond acceptors (Lipinski definition) is 6. The zero-order valence-electron chi connectivity index (χ0n) is 18.7. The van der Waals surface area contributed by atoms with Crippen LogP contribution in [-0.4, -0.2) is 62.1 Å². The predicted molar refractivity (Wildman–Crippen MR) is 142 cm³/mol. The van der Waals surface area contributed by atoms with Crippen molar-refractivity contribution in [3.05, 3.63) is 84.9 Å². The van der Waals surface area contributed by atoms with Crippen molar-refractivity contribution in [1.82, 2.24) is 0 Å². The molecule has 0 fully saturated rings. The van der Waals surface area contributed by atoms with E-state index in [0.29, 0.717) is 39.6 Å². The first-order valence-electron chi connectivity index (χ1n) is 11.3. The van der Waals surface area contributed by atoms with Crippen LogP contribution in [0.2, 0.25) is 0 Å². The fraction of sp³-hybridized carbons (Fsp3) is 0.308. The van der Waals surface area contributed by atoms with Crippen LogP contribution in [0.4, 0.5) is 0 Å². The van der Waals surface area contributed by atoms with Crippen molar-refractivity contribution in [2.45, 2.75) is 0 Å². The molecule has 0 amide bonds. The van der Waals surface area contributed by atoms with Gasteiger partial charge in [-0.2, -0.15) is 0 Å². The SMILES string of the molecule is c1cc[c]([Ge]2([c]3ccccc3)[S]CCOCCOc3ccccc3OCCOCC[S]2)cc1. The van der Waals surface area contributed by atoms with Crippen molar-refractivity contribution in [3.63, 3.8) is 0 Å². The molecule has 0 spiro atoms. The van der Waals surface area contributed by atoms with Crippen molar-refractivity contribution in [3.8, 4) is 11.5 Å². The number of fused-ring (bicyclic) bond motifs is 1. The average Bonchev–Trinajstić information content (AvgIpc) is 2.88. The summed E-state index contributed by atoms with van der Waals surface area (Å²) in [6.07, 6.45) is 0. The Morgan fingerprint density at radius 3 is 1.36 bits per heavy atom. The van der Waals surface area contributed by atoms with Gasteiger partial charge in [0, 0.05) is 0 Å². The first-order chi connectivity index (χ1) is 16.4. The van der Waals surface area contributed by atoms with E-state index < -0.39 is 11.0 Å². The Bertz CT molecular complexity index is 880. The minimum atomic E-state index is -2.77. The molecule has 0 unspecified atom stereocenters. The number of rotatable bonds is 2. The van der Waals surface area contributed by atoms with Gasteiger partial charge in [0.2, 0.25) is 0 Å². The van der Waals surface area contributed by atoms with E-state index in [1.54, 1.807) is 0 Å². The molecule has 0 radical (unpaired) electrons. The summed E-state index contributed by atoms with van der Waals surface area (Å²) in [5.41, 5.74) is 0. The molecule has 0 aromatic heterocycles. The molecule has 4 nitrogen and oxygen atoms in total. The molecule has 3 aromatic rings. The predicted octanol–water partition coefficient (Wildman–Crippen LogP) is 4.21. The zero-order valence-corrected chi connectivity index (χ0v) is 22.4. The molecule has 0 N–H and O–H groups in total. The molecule has 3 aromatic carbocycles. The van der Waals surface area contributed by atoms with E-state index in [1.807, 2.05) is 24.3 Å². The Morgan fingerprint density at radius 1 is 0.485 bits per heavy atom. The number of benzene rings is 3. The first kappa shape index (κ1) is 24.5. The van der Waals surface area contributed by atoms with Gasteiger partial charge in [-0.1, -0.05) is 0 Å². The van der Waals surface area contributed by atoms with Crippen LogP contribution >= 0.6 is 20.2 Å². The number of para-hydroxylation sites is 2. The van der Waals surface area contributed by atoms with Crippen molar-refractivity contribution < 1.29 is 18.9 Å². The van der Waals surface area contributed by atoms with Crippen LogP contribution in [0.5, 0.6) is 11.5 Å². The van der Waals surface area contributed by atoms with Gasteiger partial charge in [0.1, 0.15) is 0 Å². The molecule has 0 atom stereocenters. The Hall–Kier alpha value is -1.58. The Kier molecular flexibility index (Phi) is 9.93. The molecule has 7 heteroatoms. The summed E-state index contributed by atoms with van der Waals surface area (Å²) in [5, 5.41) is 0. The van der Waals surface area contributed by atoms with Gasteiger partial charge in [-0.25, -0.2) is 0 Å². The quantitative estimate of drug-likeness (QED) is 0.451. The second-order valence-electron chi connectivity index (χ2n) is 7.41. The molecule has 0 aliphatic carbocycles. The summed E-state index contributed by atoms with van der Waals surface area (Å²) in [6.45, 7) is 3.52. The van der Waals surface area contributed by atoms with Crippen LogP contribution < -0.4 is 18.3 Å². The standard InChI is InChI=1S/C26H30GeO4S2/c1-3-9-23(10-4-1)27(24-11-5-2-6-12-24)32-21-19-28-15-17-30-25-13-7-8-14-26(25)31-18-16-29-20-22-33-27/h1-14H,15-22H2. The summed E-state index contributed by atoms with van der Waals surface area (Å²) in [5.74, 6) is 3.41. The monoisotopic (exact) mass is 544 g/mol. The van der Waals surface area contributed by atoms with Crippen molar-refractivity contribution in [2.75, 3.05) is 51.1 Å². The van der Waals surface area contributed by atoms with Crippen LogP contribution in [0.3, 0.4) is 0 Å². The van der Waals surface area contributed by atoms with E-state index in [1.165, 1.54) is 8.79 Å². The van der Waals surface area contributed by atoms with Gasteiger partial charge < -0.3 is 0 Å². The fourth-order valence-corrected chi connectivity index (χ4v) is 24.8. The molecule has 0 saturated heterocycles.